The quantitative estimate of drug-likeness (QED) is 0.101. The molecule has 1 aromatic carbocycles. The number of nitrogens with zero attached hydrogens (tertiary/aromatic N) is 1. The number of carbonyl (C=O) groups is 3. The van der Waals surface area contributed by atoms with E-state index in [1.165, 1.54) is 22.2 Å². The van der Waals surface area contributed by atoms with Gasteiger partial charge in [-0.3, -0.25) is 9.69 Å². The molecule has 2 saturated heterocycles. The van der Waals surface area contributed by atoms with Gasteiger partial charge in [-0.15, -0.1) is 0 Å². The van der Waals surface area contributed by atoms with Crippen molar-refractivity contribution in [3.8, 4) is 11.5 Å². The zero-order valence-electron chi connectivity index (χ0n) is 28.0. The molecule has 3 aliphatic heterocycles. The van der Waals surface area contributed by atoms with E-state index in [1.807, 2.05) is 33.8 Å². The van der Waals surface area contributed by atoms with E-state index < -0.39 is 17.6 Å². The number of carbonyl (C=O) groups excluding carboxylic acids is 3. The number of phenolic OH excluding ortho intramolecular Hbond substituents is 1. The predicted molar refractivity (Wildman–Crippen MR) is 180 cm³/mol. The lowest BCUT2D eigenvalue weighted by Gasteiger charge is -2.61. The molecular weight excluding hydrogens is 602 g/mol. The minimum Gasteiger partial charge on any atom is -0.507 e. The molecule has 3 unspecified atom stereocenters. The lowest BCUT2D eigenvalue weighted by atomic mass is 9.70. The molecule has 2 amide bonds. The molecule has 1 aromatic rings. The van der Waals surface area contributed by atoms with Gasteiger partial charge in [0.05, 0.1) is 13.2 Å². The molecule has 3 N–H and O–H groups in total. The van der Waals surface area contributed by atoms with Crippen LogP contribution < -0.4 is 15.4 Å². The van der Waals surface area contributed by atoms with Crippen LogP contribution in [0.3, 0.4) is 0 Å². The van der Waals surface area contributed by atoms with E-state index in [2.05, 4.69) is 37.1 Å². The van der Waals surface area contributed by atoms with Crippen LogP contribution in [-0.4, -0.2) is 58.6 Å². The number of β-lactam (4-membered cyclic amide) rings is 1. The number of unbranched alkanes of at least 4 members (excludes halogenated alkanes) is 2. The molecule has 250 valence electrons. The fourth-order valence-corrected chi connectivity index (χ4v) is 8.66. The number of phenols is 1. The number of hydrogen-bond acceptors (Lipinski definition) is 8. The second-order valence-corrected chi connectivity index (χ2v) is 15.0. The van der Waals surface area contributed by atoms with E-state index in [4.69, 9.17) is 9.47 Å². The molecule has 0 bridgehead atoms. The number of allylic oxidation sites excluding steroid dienone is 3. The monoisotopic (exact) mass is 651 g/mol. The van der Waals surface area contributed by atoms with Gasteiger partial charge in [0, 0.05) is 22.9 Å². The van der Waals surface area contributed by atoms with Crippen molar-refractivity contribution in [1.29, 1.82) is 0 Å². The van der Waals surface area contributed by atoms with Gasteiger partial charge in [-0.05, 0) is 75.0 Å². The molecular formula is C36H49N3O6S. The molecule has 5 atom stereocenters. The van der Waals surface area contributed by atoms with Crippen molar-refractivity contribution < 1.29 is 29.0 Å². The largest absolute Gasteiger partial charge is 0.507 e. The number of nitrogens with one attached hydrogen (secondary N) is 2. The van der Waals surface area contributed by atoms with Gasteiger partial charge in [0.2, 0.25) is 0 Å². The number of aryl methyl sites for hydroxylation is 1. The molecule has 0 aromatic heterocycles. The highest BCUT2D eigenvalue weighted by Crippen LogP contribution is 2.56. The third kappa shape index (κ3) is 6.35. The summed E-state index contributed by atoms with van der Waals surface area (Å²) in [5.41, 5.74) is 3.21. The van der Waals surface area contributed by atoms with Crippen molar-refractivity contribution in [2.24, 2.45) is 17.8 Å². The van der Waals surface area contributed by atoms with Crippen LogP contribution in [0.15, 0.2) is 46.5 Å². The predicted octanol–water partition coefficient (Wildman–Crippen LogP) is 6.53. The molecule has 1 aliphatic carbocycles. The maximum Gasteiger partial charge on any atom is 0.412 e. The molecule has 3 heterocycles. The summed E-state index contributed by atoms with van der Waals surface area (Å²) in [7, 11) is 0. The zero-order valence-corrected chi connectivity index (χ0v) is 28.9. The summed E-state index contributed by atoms with van der Waals surface area (Å²) in [5, 5.41) is 17.2. The Kier molecular flexibility index (Phi) is 10.3. The SMILES string of the molecule is C=C(C)[C@@H]1CCC(C)=C[C@H]1c1c(O)cc(CCCCC)cc1OC(=O)NCC1=C(C(=O)OCC(C)C)N2C(=O)C3(NCC3C)C2S1. The molecule has 0 saturated carbocycles. The van der Waals surface area contributed by atoms with Gasteiger partial charge in [-0.25, -0.2) is 9.59 Å². The highest BCUT2D eigenvalue weighted by atomic mass is 32.2. The minimum atomic E-state index is -0.705. The fourth-order valence-electron chi connectivity index (χ4n) is 7.03. The Hall–Kier alpha value is -3.24. The van der Waals surface area contributed by atoms with Crippen LogP contribution in [0.25, 0.3) is 0 Å². The van der Waals surface area contributed by atoms with Gasteiger partial charge >= 0.3 is 12.1 Å². The van der Waals surface area contributed by atoms with Crippen LogP contribution in [0.1, 0.15) is 90.7 Å². The van der Waals surface area contributed by atoms with Crippen molar-refractivity contribution >= 4 is 29.7 Å². The van der Waals surface area contributed by atoms with Gasteiger partial charge in [0.25, 0.3) is 5.91 Å². The Morgan fingerprint density at radius 3 is 2.67 bits per heavy atom. The normalized spacial score (nSPS) is 26.8. The van der Waals surface area contributed by atoms with Crippen molar-refractivity contribution in [3.05, 3.63) is 57.7 Å². The van der Waals surface area contributed by atoms with Gasteiger partial charge in [-0.2, -0.15) is 0 Å². The lowest BCUT2D eigenvalue weighted by Crippen LogP contribution is -2.86. The van der Waals surface area contributed by atoms with Gasteiger partial charge in [0.15, 0.2) is 0 Å². The van der Waals surface area contributed by atoms with Crippen LogP contribution in [-0.2, 0) is 20.7 Å². The zero-order chi connectivity index (χ0) is 33.3. The Bertz CT molecular complexity index is 1470. The number of hydrogen-bond donors (Lipinski definition) is 3. The number of benzene rings is 1. The van der Waals surface area contributed by atoms with Crippen molar-refractivity contribution in [2.45, 2.75) is 96.9 Å². The van der Waals surface area contributed by atoms with Crippen LogP contribution in [0.5, 0.6) is 11.5 Å². The summed E-state index contributed by atoms with van der Waals surface area (Å²) in [6, 6.07) is 3.67. The van der Waals surface area contributed by atoms with E-state index in [0.29, 0.717) is 16.2 Å². The third-order valence-corrected chi connectivity index (χ3v) is 11.2. The smallest absolute Gasteiger partial charge is 0.412 e. The highest BCUT2D eigenvalue weighted by molar-refractivity contribution is 8.04. The Balaban J connectivity index is 1.39. The molecule has 10 heteroatoms. The fraction of sp³-hybridized carbons (Fsp3) is 0.583. The summed E-state index contributed by atoms with van der Waals surface area (Å²) in [4.78, 5) is 42.1. The maximum atomic E-state index is 13.5. The molecule has 9 nitrogen and oxygen atoms in total. The molecule has 1 spiro atoms. The van der Waals surface area contributed by atoms with Gasteiger partial charge < -0.3 is 25.2 Å². The Morgan fingerprint density at radius 1 is 1.28 bits per heavy atom. The number of fused-ring (bicyclic) bond motifs is 2. The second-order valence-electron chi connectivity index (χ2n) is 13.8. The van der Waals surface area contributed by atoms with E-state index in [9.17, 15) is 19.5 Å². The average Bonchev–Trinajstić information content (AvgIpc) is 3.33. The summed E-state index contributed by atoms with van der Waals surface area (Å²) in [6.45, 7) is 17.3. The van der Waals surface area contributed by atoms with E-state index in [0.717, 1.165) is 56.2 Å². The third-order valence-electron chi connectivity index (χ3n) is 9.73. The number of ether oxygens (including phenoxy) is 2. The first kappa shape index (κ1) is 34.1. The summed E-state index contributed by atoms with van der Waals surface area (Å²) < 4.78 is 11.5. The van der Waals surface area contributed by atoms with Crippen molar-refractivity contribution in [1.82, 2.24) is 15.5 Å². The van der Waals surface area contributed by atoms with Crippen LogP contribution in [0.4, 0.5) is 4.79 Å². The highest BCUT2D eigenvalue weighted by Gasteiger charge is 2.71. The number of thioether (sulfide) groups is 1. The van der Waals surface area contributed by atoms with Gasteiger partial charge in [-0.1, -0.05) is 76.1 Å². The van der Waals surface area contributed by atoms with Crippen LogP contribution in [0, 0.1) is 17.8 Å². The molecule has 46 heavy (non-hydrogen) atoms. The summed E-state index contributed by atoms with van der Waals surface area (Å²) in [5.74, 6) is -0.0931. The van der Waals surface area contributed by atoms with E-state index in [-0.39, 0.29) is 59.6 Å². The number of amides is 2. The standard InChI is InChI=1S/C36H49N3O6S/c1-8-9-10-11-24-15-27(40)30(26-14-22(6)12-13-25(26)21(4)5)28(16-24)45-35(43)37-18-29-31(32(41)44-19-20(2)3)39-33(42)36(34(39)46-29)23(7)17-38-36/h14-16,20,23,25-26,34,38,40H,4,8-13,17-19H2,1-3,5-7H3,(H,37,43)/t23?,25-,26+,34?,36?/m0/s1. The molecule has 5 rings (SSSR count). The molecule has 4 aliphatic rings. The van der Waals surface area contributed by atoms with Gasteiger partial charge in [0.1, 0.15) is 28.1 Å². The Morgan fingerprint density at radius 2 is 2.04 bits per heavy atom. The average molecular weight is 652 g/mol. The first-order chi connectivity index (χ1) is 21.9. The molecule has 2 fully saturated rings. The van der Waals surface area contributed by atoms with E-state index in [1.54, 1.807) is 6.07 Å². The topological polar surface area (TPSA) is 117 Å². The number of rotatable bonds is 12. The first-order valence-corrected chi connectivity index (χ1v) is 17.6. The van der Waals surface area contributed by atoms with Crippen molar-refractivity contribution in [2.75, 3.05) is 19.7 Å². The summed E-state index contributed by atoms with van der Waals surface area (Å²) in [6.07, 6.45) is 7.15. The number of esters is 1. The lowest BCUT2D eigenvalue weighted by molar-refractivity contribution is -0.168. The van der Waals surface area contributed by atoms with E-state index >= 15 is 0 Å². The van der Waals surface area contributed by atoms with Crippen molar-refractivity contribution in [3.63, 3.8) is 0 Å². The summed E-state index contributed by atoms with van der Waals surface area (Å²) >= 11 is 1.41. The molecule has 0 radical (unpaired) electrons. The second kappa shape index (κ2) is 13.9. The Labute approximate surface area is 277 Å². The van der Waals surface area contributed by atoms with Crippen LogP contribution >= 0.6 is 11.8 Å². The minimum absolute atomic E-state index is 0.00527. The van der Waals surface area contributed by atoms with Crippen LogP contribution in [0.2, 0.25) is 0 Å². The first-order valence-electron chi connectivity index (χ1n) is 16.7. The maximum absolute atomic E-state index is 13.5. The number of aromatic hydroxyl groups is 1.